The second-order valence-corrected chi connectivity index (χ2v) is 17.6. The Labute approximate surface area is 374 Å². The second-order valence-electron chi connectivity index (χ2n) is 17.6. The molecule has 340 valence electrons. The topological polar surface area (TPSA) is 202 Å². The van der Waals surface area contributed by atoms with Crippen LogP contribution in [0.3, 0.4) is 0 Å². The molecule has 1 aliphatic rings. The van der Waals surface area contributed by atoms with Crippen molar-refractivity contribution >= 4 is 47.2 Å². The van der Waals surface area contributed by atoms with E-state index in [1.807, 2.05) is 30.3 Å². The van der Waals surface area contributed by atoms with Gasteiger partial charge in [0.05, 0.1) is 5.92 Å². The first-order valence-corrected chi connectivity index (χ1v) is 21.5. The van der Waals surface area contributed by atoms with E-state index in [4.69, 9.17) is 14.2 Å². The number of anilines is 2. The van der Waals surface area contributed by atoms with E-state index in [0.29, 0.717) is 47.7 Å². The minimum absolute atomic E-state index is 0.0243. The van der Waals surface area contributed by atoms with Crippen molar-refractivity contribution in [2.24, 2.45) is 0 Å². The van der Waals surface area contributed by atoms with Gasteiger partial charge in [-0.25, -0.2) is 9.59 Å². The number of para-hydroxylation sites is 2. The molecule has 15 heteroatoms. The van der Waals surface area contributed by atoms with Crippen molar-refractivity contribution in [2.45, 2.75) is 115 Å². The maximum absolute atomic E-state index is 14.4. The summed E-state index contributed by atoms with van der Waals surface area (Å²) in [6.45, 7) is 11.0. The van der Waals surface area contributed by atoms with Crippen LogP contribution in [0.15, 0.2) is 109 Å². The summed E-state index contributed by atoms with van der Waals surface area (Å²) in [4.78, 5) is 81.5. The fourth-order valence-corrected chi connectivity index (χ4v) is 6.88. The molecular weight excluding hydrogens is 817 g/mol. The Balaban J connectivity index is 1.37. The minimum Gasteiger partial charge on any atom is -0.489 e. The number of benzene rings is 4. The maximum atomic E-state index is 14.4. The smallest absolute Gasteiger partial charge is 0.408 e. The largest absolute Gasteiger partial charge is 0.489 e. The number of unbranched alkanes of at least 4 members (excludes halogenated alkanes) is 1. The van der Waals surface area contributed by atoms with Gasteiger partial charge in [0, 0.05) is 24.3 Å². The summed E-state index contributed by atoms with van der Waals surface area (Å²) in [7, 11) is 0. The average Bonchev–Trinajstić information content (AvgIpc) is 3.55. The summed E-state index contributed by atoms with van der Waals surface area (Å²) in [5, 5.41) is 16.7. The highest BCUT2D eigenvalue weighted by Gasteiger charge is 2.37. The predicted molar refractivity (Wildman–Crippen MR) is 244 cm³/mol. The highest BCUT2D eigenvalue weighted by molar-refractivity contribution is 6.04. The summed E-state index contributed by atoms with van der Waals surface area (Å²) in [6.07, 6.45) is -0.641. The van der Waals surface area contributed by atoms with Crippen molar-refractivity contribution in [3.63, 3.8) is 0 Å². The van der Waals surface area contributed by atoms with Gasteiger partial charge in [-0.05, 0) is 114 Å². The zero-order chi connectivity index (χ0) is 46.3. The number of ether oxygens (including phenoxy) is 3. The van der Waals surface area contributed by atoms with E-state index in [9.17, 15) is 28.8 Å². The third-order valence-corrected chi connectivity index (χ3v) is 9.90. The molecule has 15 nitrogen and oxygen atoms in total. The molecule has 64 heavy (non-hydrogen) atoms. The molecular formula is C49H60N6O9. The Kier molecular flexibility index (Phi) is 16.9. The Morgan fingerprint density at radius 2 is 1.22 bits per heavy atom. The number of rotatable bonds is 19. The van der Waals surface area contributed by atoms with Crippen molar-refractivity contribution in [3.05, 3.63) is 126 Å². The van der Waals surface area contributed by atoms with E-state index in [2.05, 4.69) is 31.9 Å². The average molecular weight is 877 g/mol. The molecule has 1 heterocycles. The lowest BCUT2D eigenvalue weighted by Gasteiger charge is -2.27. The first-order valence-electron chi connectivity index (χ1n) is 21.5. The molecule has 0 bridgehead atoms. The van der Waals surface area contributed by atoms with Crippen LogP contribution in [0.25, 0.3) is 0 Å². The Morgan fingerprint density at radius 3 is 1.89 bits per heavy atom. The lowest BCUT2D eigenvalue weighted by Crippen LogP contribution is -2.57. The molecule has 0 radical (unpaired) electrons. The van der Waals surface area contributed by atoms with Crippen molar-refractivity contribution < 1.29 is 43.0 Å². The third kappa shape index (κ3) is 15.8. The van der Waals surface area contributed by atoms with Crippen molar-refractivity contribution in [1.82, 2.24) is 21.3 Å². The Morgan fingerprint density at radius 1 is 0.625 bits per heavy atom. The van der Waals surface area contributed by atoms with Crippen LogP contribution in [-0.4, -0.2) is 71.7 Å². The van der Waals surface area contributed by atoms with E-state index in [-0.39, 0.29) is 31.7 Å². The van der Waals surface area contributed by atoms with Crippen molar-refractivity contribution in [1.29, 1.82) is 0 Å². The quantitative estimate of drug-likeness (QED) is 0.0530. The van der Waals surface area contributed by atoms with Gasteiger partial charge in [-0.3, -0.25) is 19.2 Å². The molecule has 1 aliphatic heterocycles. The second kappa shape index (κ2) is 22.5. The highest BCUT2D eigenvalue weighted by atomic mass is 16.6. The van der Waals surface area contributed by atoms with Crippen LogP contribution in [0.4, 0.5) is 21.0 Å². The maximum Gasteiger partial charge on any atom is 0.408 e. The number of alkyl carbamates (subject to hydrolysis) is 2. The van der Waals surface area contributed by atoms with Gasteiger partial charge in [0.25, 0.3) is 0 Å². The van der Waals surface area contributed by atoms with Crippen LogP contribution in [-0.2, 0) is 41.7 Å². The molecule has 0 saturated heterocycles. The van der Waals surface area contributed by atoms with Gasteiger partial charge in [0.15, 0.2) is 0 Å². The molecule has 6 N–H and O–H groups in total. The minimum atomic E-state index is -1.22. The van der Waals surface area contributed by atoms with Gasteiger partial charge in [-0.2, -0.15) is 0 Å². The molecule has 0 spiro atoms. The molecule has 0 fully saturated rings. The van der Waals surface area contributed by atoms with Crippen LogP contribution in [0.1, 0.15) is 89.8 Å². The SMILES string of the molecule is CC(C)(C)OC(=O)NCCCC[C@H](NC(=O)C(Cc1ccc(OCc2ccccc2)cc1)NC(=O)OC(C)(C)C)C(=O)N[C@@H](CC1C(=O)Nc2ccccc21)C(=O)Nc1ccccc1. The van der Waals surface area contributed by atoms with Crippen molar-refractivity contribution in [3.8, 4) is 5.75 Å². The number of fused-ring (bicyclic) bond motifs is 1. The van der Waals surface area contributed by atoms with Gasteiger partial charge >= 0.3 is 12.2 Å². The Hall–Kier alpha value is -6.90. The van der Waals surface area contributed by atoms with Gasteiger partial charge in [-0.15, -0.1) is 0 Å². The molecule has 4 aromatic carbocycles. The zero-order valence-electron chi connectivity index (χ0n) is 37.3. The lowest BCUT2D eigenvalue weighted by molar-refractivity contribution is -0.132. The van der Waals surface area contributed by atoms with Gasteiger partial charge < -0.3 is 46.1 Å². The van der Waals surface area contributed by atoms with E-state index in [1.54, 1.807) is 120 Å². The number of hydrogen-bond acceptors (Lipinski definition) is 9. The normalized spacial score (nSPS) is 14.7. The van der Waals surface area contributed by atoms with E-state index >= 15 is 0 Å². The van der Waals surface area contributed by atoms with E-state index < -0.39 is 65.2 Å². The van der Waals surface area contributed by atoms with E-state index in [0.717, 1.165) is 5.56 Å². The molecule has 4 atom stereocenters. The molecule has 2 unspecified atom stereocenters. The third-order valence-electron chi connectivity index (χ3n) is 9.90. The van der Waals surface area contributed by atoms with Gasteiger partial charge in [0.1, 0.15) is 41.7 Å². The molecule has 6 amide bonds. The van der Waals surface area contributed by atoms with Crippen LogP contribution in [0.5, 0.6) is 5.75 Å². The van der Waals surface area contributed by atoms with Crippen LogP contribution in [0.2, 0.25) is 0 Å². The van der Waals surface area contributed by atoms with Crippen LogP contribution in [0, 0.1) is 0 Å². The fourth-order valence-electron chi connectivity index (χ4n) is 6.88. The Bertz CT molecular complexity index is 2210. The monoisotopic (exact) mass is 876 g/mol. The molecule has 5 rings (SSSR count). The summed E-state index contributed by atoms with van der Waals surface area (Å²) < 4.78 is 16.8. The standard InChI is InChI=1S/C49H60N6O9/c1-48(2,3)63-46(60)50-28-16-15-23-39(43(57)54-41(44(58)51-34-19-11-8-12-20-34)30-37-36-21-13-14-22-38(36)52-42(37)56)53-45(59)40(55-47(61)64-49(4,5)6)29-32-24-26-35(27-25-32)62-31-33-17-9-7-10-18-33/h7-14,17-22,24-27,37,39-41H,15-16,23,28-31H2,1-6H3,(H,50,60)(H,51,58)(H,52,56)(H,53,59)(H,54,57)(H,55,61)/t37?,39-,40?,41-/m0/s1. The number of nitrogens with one attached hydrogen (secondary N) is 6. The number of carbonyl (C=O) groups excluding carboxylic acids is 6. The summed E-state index contributed by atoms with van der Waals surface area (Å²) >= 11 is 0. The summed E-state index contributed by atoms with van der Waals surface area (Å²) in [5.41, 5.74) is 1.92. The number of amides is 6. The van der Waals surface area contributed by atoms with Gasteiger partial charge in [-0.1, -0.05) is 78.9 Å². The lowest BCUT2D eigenvalue weighted by atomic mass is 9.92. The van der Waals surface area contributed by atoms with Crippen LogP contribution >= 0.6 is 0 Å². The zero-order valence-corrected chi connectivity index (χ0v) is 37.3. The van der Waals surface area contributed by atoms with E-state index in [1.165, 1.54) is 0 Å². The molecule has 0 aliphatic carbocycles. The number of carbonyl (C=O) groups is 6. The molecule has 0 saturated carbocycles. The summed E-state index contributed by atoms with van der Waals surface area (Å²) in [6, 6.07) is 29.0. The number of hydrogen-bond donors (Lipinski definition) is 6. The highest BCUT2D eigenvalue weighted by Crippen LogP contribution is 2.35. The van der Waals surface area contributed by atoms with Crippen molar-refractivity contribution in [2.75, 3.05) is 17.2 Å². The predicted octanol–water partition coefficient (Wildman–Crippen LogP) is 7.13. The first kappa shape index (κ1) is 48.1. The first-order chi connectivity index (χ1) is 30.4. The molecule has 4 aromatic rings. The fraction of sp³-hybridized carbons (Fsp3) is 0.388. The van der Waals surface area contributed by atoms with Gasteiger partial charge in [0.2, 0.25) is 23.6 Å². The van der Waals surface area contributed by atoms with Crippen LogP contribution < -0.4 is 36.6 Å². The summed E-state index contributed by atoms with van der Waals surface area (Å²) in [5.74, 6) is -2.41. The molecule has 0 aromatic heterocycles.